The van der Waals surface area contributed by atoms with Crippen LogP contribution < -0.4 is 14.2 Å². The van der Waals surface area contributed by atoms with E-state index in [1.807, 2.05) is 41.3 Å². The van der Waals surface area contributed by atoms with Crippen LogP contribution in [0.5, 0.6) is 17.2 Å². The molecular weight excluding hydrogens is 410 g/mol. The summed E-state index contributed by atoms with van der Waals surface area (Å²) in [6, 6.07) is 11.7. The van der Waals surface area contributed by atoms with E-state index in [2.05, 4.69) is 15.9 Å². The van der Waals surface area contributed by atoms with Crippen molar-refractivity contribution in [3.63, 3.8) is 0 Å². The number of amides is 1. The first kappa shape index (κ1) is 19.5. The number of fused-ring (bicyclic) bond motifs is 1. The van der Waals surface area contributed by atoms with Gasteiger partial charge in [-0.2, -0.15) is 0 Å². The number of hydrogen-bond donors (Lipinski definition) is 0. The summed E-state index contributed by atoms with van der Waals surface area (Å²) >= 11 is 3.42. The molecule has 1 heterocycles. The van der Waals surface area contributed by atoms with Crippen molar-refractivity contribution in [2.45, 2.75) is 25.8 Å². The Morgan fingerprint density at radius 3 is 2.56 bits per heavy atom. The van der Waals surface area contributed by atoms with Gasteiger partial charge in [-0.3, -0.25) is 4.79 Å². The number of methoxy groups -OCH3 is 2. The van der Waals surface area contributed by atoms with Gasteiger partial charge >= 0.3 is 0 Å². The molecule has 27 heavy (non-hydrogen) atoms. The summed E-state index contributed by atoms with van der Waals surface area (Å²) in [6.07, 6.45) is 2.01. The van der Waals surface area contributed by atoms with Crippen LogP contribution in [0.3, 0.4) is 0 Å². The Labute approximate surface area is 168 Å². The molecule has 6 heteroatoms. The maximum absolute atomic E-state index is 12.6. The van der Waals surface area contributed by atoms with Crippen LogP contribution >= 0.6 is 15.9 Å². The van der Waals surface area contributed by atoms with Gasteiger partial charge in [0.05, 0.1) is 20.8 Å². The highest BCUT2D eigenvalue weighted by molar-refractivity contribution is 9.10. The number of carbonyl (C=O) groups excluding carboxylic acids is 1. The molecule has 5 nitrogen and oxygen atoms in total. The summed E-state index contributed by atoms with van der Waals surface area (Å²) in [6.45, 7) is 1.87. The van der Waals surface area contributed by atoms with E-state index in [0.717, 1.165) is 34.5 Å². The average molecular weight is 434 g/mol. The maximum Gasteiger partial charge on any atom is 0.223 e. The zero-order chi connectivity index (χ0) is 19.2. The first-order valence-corrected chi connectivity index (χ1v) is 9.80. The van der Waals surface area contributed by atoms with Gasteiger partial charge in [0.25, 0.3) is 0 Å². The predicted octanol–water partition coefficient (Wildman–Crippen LogP) is 4.21. The molecule has 0 radical (unpaired) electrons. The lowest BCUT2D eigenvalue weighted by molar-refractivity contribution is -0.132. The second-order valence-corrected chi connectivity index (χ2v) is 7.37. The van der Waals surface area contributed by atoms with Gasteiger partial charge in [-0.1, -0.05) is 22.0 Å². The quantitative estimate of drug-likeness (QED) is 0.613. The molecule has 0 aromatic heterocycles. The highest BCUT2D eigenvalue weighted by Crippen LogP contribution is 2.33. The lowest BCUT2D eigenvalue weighted by atomic mass is 9.98. The third-order valence-corrected chi connectivity index (χ3v) is 5.16. The van der Waals surface area contributed by atoms with Crippen molar-refractivity contribution in [1.29, 1.82) is 0 Å². The first-order valence-electron chi connectivity index (χ1n) is 9.00. The lowest BCUT2D eigenvalue weighted by Crippen LogP contribution is -2.36. The van der Waals surface area contributed by atoms with Gasteiger partial charge in [0.15, 0.2) is 11.5 Å². The minimum atomic E-state index is 0.160. The standard InChI is InChI=1S/C21H24BrNO4/c1-25-19-11-15-8-9-23(14-16(15)12-20(19)26-2)21(24)7-4-10-27-18-6-3-5-17(22)13-18/h3,5-6,11-13H,4,7-10,14H2,1-2H3. The van der Waals surface area contributed by atoms with E-state index >= 15 is 0 Å². The highest BCUT2D eigenvalue weighted by Gasteiger charge is 2.22. The van der Waals surface area contributed by atoms with E-state index in [1.165, 1.54) is 5.56 Å². The molecule has 0 atom stereocenters. The Kier molecular flexibility index (Phi) is 6.61. The second-order valence-electron chi connectivity index (χ2n) is 6.45. The predicted molar refractivity (Wildman–Crippen MR) is 108 cm³/mol. The second kappa shape index (κ2) is 9.13. The van der Waals surface area contributed by atoms with Crippen LogP contribution in [0.15, 0.2) is 40.9 Å². The van der Waals surface area contributed by atoms with Gasteiger partial charge in [-0.05, 0) is 54.3 Å². The third-order valence-electron chi connectivity index (χ3n) is 4.67. The van der Waals surface area contributed by atoms with Crippen molar-refractivity contribution < 1.29 is 19.0 Å². The highest BCUT2D eigenvalue weighted by atomic mass is 79.9. The fourth-order valence-electron chi connectivity index (χ4n) is 3.22. The summed E-state index contributed by atoms with van der Waals surface area (Å²) in [5.41, 5.74) is 2.34. The summed E-state index contributed by atoms with van der Waals surface area (Å²) in [5.74, 6) is 2.41. The molecule has 0 N–H and O–H groups in total. The topological polar surface area (TPSA) is 48.0 Å². The van der Waals surface area contributed by atoms with E-state index in [4.69, 9.17) is 14.2 Å². The van der Waals surface area contributed by atoms with Crippen molar-refractivity contribution in [3.8, 4) is 17.2 Å². The third kappa shape index (κ3) is 4.95. The molecular formula is C21H24BrNO4. The van der Waals surface area contributed by atoms with Crippen molar-refractivity contribution in [2.24, 2.45) is 0 Å². The van der Waals surface area contributed by atoms with E-state index in [9.17, 15) is 4.79 Å². The zero-order valence-electron chi connectivity index (χ0n) is 15.7. The monoisotopic (exact) mass is 433 g/mol. The normalized spacial score (nSPS) is 13.1. The Hall–Kier alpha value is -2.21. The Morgan fingerprint density at radius 1 is 1.11 bits per heavy atom. The average Bonchev–Trinajstić information content (AvgIpc) is 2.69. The fraction of sp³-hybridized carbons (Fsp3) is 0.381. The molecule has 0 fully saturated rings. The molecule has 0 saturated heterocycles. The van der Waals surface area contributed by atoms with Crippen LogP contribution in [0.25, 0.3) is 0 Å². The van der Waals surface area contributed by atoms with Gasteiger partial charge in [0.2, 0.25) is 5.91 Å². The summed E-state index contributed by atoms with van der Waals surface area (Å²) in [4.78, 5) is 14.5. The minimum absolute atomic E-state index is 0.160. The maximum atomic E-state index is 12.6. The van der Waals surface area contributed by atoms with E-state index in [0.29, 0.717) is 31.7 Å². The largest absolute Gasteiger partial charge is 0.494 e. The van der Waals surface area contributed by atoms with Crippen LogP contribution in [0, 0.1) is 0 Å². The smallest absolute Gasteiger partial charge is 0.223 e. The van der Waals surface area contributed by atoms with Crippen molar-refractivity contribution in [2.75, 3.05) is 27.4 Å². The summed E-state index contributed by atoms with van der Waals surface area (Å²) in [7, 11) is 3.26. The Bertz CT molecular complexity index is 809. The molecule has 144 valence electrons. The molecule has 0 unspecified atom stereocenters. The van der Waals surface area contributed by atoms with E-state index in [1.54, 1.807) is 14.2 Å². The molecule has 1 aliphatic rings. The number of benzene rings is 2. The molecule has 0 saturated carbocycles. The molecule has 0 aliphatic carbocycles. The Morgan fingerprint density at radius 2 is 1.85 bits per heavy atom. The van der Waals surface area contributed by atoms with Crippen LogP contribution in [-0.2, 0) is 17.8 Å². The number of halogens is 1. The van der Waals surface area contributed by atoms with E-state index < -0.39 is 0 Å². The fourth-order valence-corrected chi connectivity index (χ4v) is 3.60. The molecule has 2 aromatic rings. The molecule has 1 amide bonds. The van der Waals surface area contributed by atoms with Crippen LogP contribution in [0.4, 0.5) is 0 Å². The zero-order valence-corrected chi connectivity index (χ0v) is 17.3. The molecule has 1 aliphatic heterocycles. The molecule has 2 aromatic carbocycles. The van der Waals surface area contributed by atoms with Crippen molar-refractivity contribution >= 4 is 21.8 Å². The molecule has 3 rings (SSSR count). The number of hydrogen-bond acceptors (Lipinski definition) is 4. The number of rotatable bonds is 7. The van der Waals surface area contributed by atoms with Crippen LogP contribution in [-0.4, -0.2) is 38.2 Å². The number of ether oxygens (including phenoxy) is 3. The van der Waals surface area contributed by atoms with Crippen LogP contribution in [0.2, 0.25) is 0 Å². The molecule has 0 bridgehead atoms. The number of nitrogens with zero attached hydrogens (tertiary/aromatic N) is 1. The summed E-state index contributed by atoms with van der Waals surface area (Å²) in [5, 5.41) is 0. The summed E-state index contributed by atoms with van der Waals surface area (Å²) < 4.78 is 17.4. The molecule has 0 spiro atoms. The van der Waals surface area contributed by atoms with Crippen molar-refractivity contribution in [1.82, 2.24) is 4.90 Å². The SMILES string of the molecule is COc1cc2c(cc1OC)CN(C(=O)CCCOc1cccc(Br)c1)CC2. The Balaban J connectivity index is 1.51. The minimum Gasteiger partial charge on any atom is -0.494 e. The number of carbonyl (C=O) groups is 1. The van der Waals surface area contributed by atoms with E-state index in [-0.39, 0.29) is 5.91 Å². The first-order chi connectivity index (χ1) is 13.1. The van der Waals surface area contributed by atoms with Crippen molar-refractivity contribution in [3.05, 3.63) is 52.0 Å². The van der Waals surface area contributed by atoms with Gasteiger partial charge in [-0.25, -0.2) is 0 Å². The van der Waals surface area contributed by atoms with Gasteiger partial charge in [-0.15, -0.1) is 0 Å². The van der Waals surface area contributed by atoms with Gasteiger partial charge < -0.3 is 19.1 Å². The van der Waals surface area contributed by atoms with Gasteiger partial charge in [0.1, 0.15) is 5.75 Å². The van der Waals surface area contributed by atoms with Gasteiger partial charge in [0, 0.05) is 24.0 Å². The van der Waals surface area contributed by atoms with Crippen LogP contribution in [0.1, 0.15) is 24.0 Å². The lowest BCUT2D eigenvalue weighted by Gasteiger charge is -2.29.